The van der Waals surface area contributed by atoms with E-state index < -0.39 is 0 Å². The molecular formula is C15H31N3O. The molecule has 0 radical (unpaired) electrons. The molecular weight excluding hydrogens is 238 g/mol. The summed E-state index contributed by atoms with van der Waals surface area (Å²) in [6.07, 6.45) is 4.34. The van der Waals surface area contributed by atoms with Crippen LogP contribution in [0.4, 0.5) is 0 Å². The van der Waals surface area contributed by atoms with Gasteiger partial charge in [-0.3, -0.25) is 9.69 Å². The molecule has 1 heterocycles. The molecule has 1 saturated heterocycles. The number of nitrogens with zero attached hydrogens (tertiary/aromatic N) is 2. The van der Waals surface area contributed by atoms with Gasteiger partial charge >= 0.3 is 0 Å². The van der Waals surface area contributed by atoms with Crippen LogP contribution < -0.4 is 5.73 Å². The minimum Gasteiger partial charge on any atom is -0.349 e. The quantitative estimate of drug-likeness (QED) is 0.824. The van der Waals surface area contributed by atoms with E-state index in [1.165, 1.54) is 19.3 Å². The van der Waals surface area contributed by atoms with E-state index in [0.29, 0.717) is 13.0 Å². The van der Waals surface area contributed by atoms with E-state index in [2.05, 4.69) is 18.7 Å². The standard InChI is InChI=1S/C15H31N3O/c1-12(2)13-6-5-8-18(9-7-13)14(11-16)10-15(19)17(3)4/h12-14H,5-11,16H2,1-4H3. The molecule has 1 fully saturated rings. The molecule has 0 saturated carbocycles. The average molecular weight is 269 g/mol. The van der Waals surface area contributed by atoms with Gasteiger partial charge in [0.2, 0.25) is 5.91 Å². The number of hydrogen-bond donors (Lipinski definition) is 1. The number of hydrogen-bond acceptors (Lipinski definition) is 3. The van der Waals surface area contributed by atoms with Crippen molar-refractivity contribution in [3.63, 3.8) is 0 Å². The first-order valence-electron chi connectivity index (χ1n) is 7.60. The summed E-state index contributed by atoms with van der Waals surface area (Å²) in [6.45, 7) is 7.38. The van der Waals surface area contributed by atoms with E-state index in [4.69, 9.17) is 5.73 Å². The Labute approximate surface area is 118 Å². The molecule has 4 heteroatoms. The van der Waals surface area contributed by atoms with E-state index in [-0.39, 0.29) is 11.9 Å². The highest BCUT2D eigenvalue weighted by atomic mass is 16.2. The van der Waals surface area contributed by atoms with Gasteiger partial charge in [-0.15, -0.1) is 0 Å². The lowest BCUT2D eigenvalue weighted by Gasteiger charge is -2.30. The predicted molar refractivity (Wildman–Crippen MR) is 79.9 cm³/mol. The zero-order valence-corrected chi connectivity index (χ0v) is 13.1. The van der Waals surface area contributed by atoms with Gasteiger partial charge in [0.05, 0.1) is 0 Å². The Balaban J connectivity index is 2.54. The van der Waals surface area contributed by atoms with E-state index in [9.17, 15) is 4.79 Å². The molecule has 0 spiro atoms. The smallest absolute Gasteiger partial charge is 0.223 e. The first kappa shape index (κ1) is 16.4. The molecule has 2 atom stereocenters. The molecule has 0 aromatic carbocycles. The summed E-state index contributed by atoms with van der Waals surface area (Å²) in [5.74, 6) is 1.77. The zero-order chi connectivity index (χ0) is 14.4. The SMILES string of the molecule is CC(C)C1CCCN(C(CN)CC(=O)N(C)C)CC1. The Morgan fingerprint density at radius 2 is 2.00 bits per heavy atom. The van der Waals surface area contributed by atoms with Gasteiger partial charge in [0.1, 0.15) is 0 Å². The number of nitrogens with two attached hydrogens (primary N) is 1. The molecule has 2 N–H and O–H groups in total. The van der Waals surface area contributed by atoms with Crippen molar-refractivity contribution in [2.75, 3.05) is 33.7 Å². The van der Waals surface area contributed by atoms with Crippen LogP contribution in [0.2, 0.25) is 0 Å². The summed E-state index contributed by atoms with van der Waals surface area (Å²) >= 11 is 0. The van der Waals surface area contributed by atoms with Crippen LogP contribution in [0.5, 0.6) is 0 Å². The van der Waals surface area contributed by atoms with Gasteiger partial charge in [-0.25, -0.2) is 0 Å². The molecule has 2 unspecified atom stereocenters. The van der Waals surface area contributed by atoms with E-state index in [1.54, 1.807) is 4.90 Å². The van der Waals surface area contributed by atoms with Gasteiger partial charge in [-0.05, 0) is 44.2 Å². The van der Waals surface area contributed by atoms with Crippen LogP contribution in [-0.4, -0.2) is 55.5 Å². The predicted octanol–water partition coefficient (Wildman–Crippen LogP) is 1.55. The summed E-state index contributed by atoms with van der Waals surface area (Å²) in [7, 11) is 3.63. The fraction of sp³-hybridized carbons (Fsp3) is 0.933. The first-order valence-corrected chi connectivity index (χ1v) is 7.60. The Kier molecular flexibility index (Phi) is 6.80. The van der Waals surface area contributed by atoms with Crippen molar-refractivity contribution in [3.8, 4) is 0 Å². The van der Waals surface area contributed by atoms with Crippen molar-refractivity contribution in [1.82, 2.24) is 9.80 Å². The average Bonchev–Trinajstić information content (AvgIpc) is 2.61. The monoisotopic (exact) mass is 269 g/mol. The van der Waals surface area contributed by atoms with E-state index >= 15 is 0 Å². The molecule has 4 nitrogen and oxygen atoms in total. The molecule has 1 aliphatic rings. The van der Waals surface area contributed by atoms with Crippen molar-refractivity contribution < 1.29 is 4.79 Å². The second kappa shape index (κ2) is 7.85. The van der Waals surface area contributed by atoms with Crippen molar-refractivity contribution in [2.45, 2.75) is 45.6 Å². The van der Waals surface area contributed by atoms with Crippen LogP contribution in [0.3, 0.4) is 0 Å². The van der Waals surface area contributed by atoms with Gasteiger partial charge in [-0.2, -0.15) is 0 Å². The van der Waals surface area contributed by atoms with Crippen molar-refractivity contribution in [3.05, 3.63) is 0 Å². The minimum atomic E-state index is 0.181. The van der Waals surface area contributed by atoms with Crippen molar-refractivity contribution in [2.24, 2.45) is 17.6 Å². The Morgan fingerprint density at radius 3 is 2.53 bits per heavy atom. The summed E-state index contributed by atoms with van der Waals surface area (Å²) in [5, 5.41) is 0. The maximum atomic E-state index is 11.9. The highest BCUT2D eigenvalue weighted by Gasteiger charge is 2.25. The van der Waals surface area contributed by atoms with Crippen molar-refractivity contribution in [1.29, 1.82) is 0 Å². The van der Waals surface area contributed by atoms with Crippen LogP contribution in [0, 0.1) is 11.8 Å². The third-order valence-electron chi connectivity index (χ3n) is 4.45. The molecule has 1 amide bonds. The van der Waals surface area contributed by atoms with Crippen LogP contribution in [0.25, 0.3) is 0 Å². The molecule has 0 bridgehead atoms. The number of carbonyl (C=O) groups is 1. The molecule has 1 aliphatic heterocycles. The number of carbonyl (C=O) groups excluding carboxylic acids is 1. The van der Waals surface area contributed by atoms with Crippen LogP contribution in [0.15, 0.2) is 0 Å². The third-order valence-corrected chi connectivity index (χ3v) is 4.45. The fourth-order valence-corrected chi connectivity index (χ4v) is 2.92. The van der Waals surface area contributed by atoms with Gasteiger partial charge in [-0.1, -0.05) is 13.8 Å². The summed E-state index contributed by atoms with van der Waals surface area (Å²) in [4.78, 5) is 16.0. The normalized spacial score (nSPS) is 23.2. The molecule has 0 aliphatic carbocycles. The van der Waals surface area contributed by atoms with Gasteiger partial charge in [0.25, 0.3) is 0 Å². The number of likely N-dealkylation sites (tertiary alicyclic amines) is 1. The Hall–Kier alpha value is -0.610. The number of rotatable bonds is 5. The molecule has 0 aromatic rings. The topological polar surface area (TPSA) is 49.6 Å². The maximum absolute atomic E-state index is 11.9. The molecule has 112 valence electrons. The van der Waals surface area contributed by atoms with E-state index in [0.717, 1.165) is 24.9 Å². The Morgan fingerprint density at radius 1 is 1.32 bits per heavy atom. The van der Waals surface area contributed by atoms with Crippen LogP contribution >= 0.6 is 0 Å². The highest BCUT2D eigenvalue weighted by Crippen LogP contribution is 2.25. The van der Waals surface area contributed by atoms with Gasteiger partial charge in [0, 0.05) is 33.1 Å². The second-order valence-electron chi connectivity index (χ2n) is 6.35. The van der Waals surface area contributed by atoms with Crippen molar-refractivity contribution >= 4 is 5.91 Å². The van der Waals surface area contributed by atoms with Crippen LogP contribution in [0.1, 0.15) is 39.5 Å². The number of amides is 1. The maximum Gasteiger partial charge on any atom is 0.223 e. The molecule has 19 heavy (non-hydrogen) atoms. The first-order chi connectivity index (χ1) is 8.95. The lowest BCUT2D eigenvalue weighted by Crippen LogP contribution is -2.44. The largest absolute Gasteiger partial charge is 0.349 e. The molecule has 1 rings (SSSR count). The Bertz CT molecular complexity index is 279. The molecule has 0 aromatic heterocycles. The highest BCUT2D eigenvalue weighted by molar-refractivity contribution is 5.76. The summed E-state index contributed by atoms with van der Waals surface area (Å²) in [6, 6.07) is 0.209. The second-order valence-corrected chi connectivity index (χ2v) is 6.35. The summed E-state index contributed by atoms with van der Waals surface area (Å²) in [5.41, 5.74) is 5.89. The third kappa shape index (κ3) is 5.11. The van der Waals surface area contributed by atoms with E-state index in [1.807, 2.05) is 14.1 Å². The summed E-state index contributed by atoms with van der Waals surface area (Å²) < 4.78 is 0. The van der Waals surface area contributed by atoms with Gasteiger partial charge in [0.15, 0.2) is 0 Å². The lowest BCUT2D eigenvalue weighted by molar-refractivity contribution is -0.129. The fourth-order valence-electron chi connectivity index (χ4n) is 2.92. The lowest BCUT2D eigenvalue weighted by atomic mass is 9.89. The van der Waals surface area contributed by atoms with Gasteiger partial charge < -0.3 is 10.6 Å². The minimum absolute atomic E-state index is 0.181. The van der Waals surface area contributed by atoms with Crippen LogP contribution in [-0.2, 0) is 4.79 Å². The zero-order valence-electron chi connectivity index (χ0n) is 13.1.